The van der Waals surface area contributed by atoms with Gasteiger partial charge >= 0.3 is 5.97 Å². The molecule has 5 nitrogen and oxygen atoms in total. The summed E-state index contributed by atoms with van der Waals surface area (Å²) in [5.41, 5.74) is 0. The molecule has 6 heteroatoms. The van der Waals surface area contributed by atoms with E-state index in [4.69, 9.17) is 5.11 Å². The summed E-state index contributed by atoms with van der Waals surface area (Å²) in [4.78, 5) is 10.7. The Kier molecular flexibility index (Phi) is 5.19. The lowest BCUT2D eigenvalue weighted by molar-refractivity contribution is -0.133. The smallest absolute Gasteiger partial charge is 0.313 e. The average molecular weight is 271 g/mol. The summed E-state index contributed by atoms with van der Waals surface area (Å²) in [6.07, 6.45) is 0. The molecule has 18 heavy (non-hydrogen) atoms. The van der Waals surface area contributed by atoms with Crippen molar-refractivity contribution in [2.24, 2.45) is 5.92 Å². The molecule has 0 saturated carbocycles. The number of aliphatic carboxylic acids is 1. The molecule has 0 saturated heterocycles. The highest BCUT2D eigenvalue weighted by atomic mass is 32.2. The molecule has 1 unspecified atom stereocenters. The molecule has 1 atom stereocenters. The van der Waals surface area contributed by atoms with Crippen molar-refractivity contribution in [1.82, 2.24) is 14.8 Å². The lowest BCUT2D eigenvalue weighted by Gasteiger charge is -2.22. The van der Waals surface area contributed by atoms with E-state index in [1.807, 2.05) is 0 Å². The molecule has 1 aromatic rings. The van der Waals surface area contributed by atoms with Crippen LogP contribution in [0.2, 0.25) is 0 Å². The first kappa shape index (κ1) is 15.0. The Morgan fingerprint density at radius 1 is 1.28 bits per heavy atom. The highest BCUT2D eigenvalue weighted by Gasteiger charge is 2.22. The van der Waals surface area contributed by atoms with Gasteiger partial charge in [-0.1, -0.05) is 39.5 Å². The fourth-order valence-corrected chi connectivity index (χ4v) is 2.34. The first-order valence-corrected chi connectivity index (χ1v) is 7.12. The summed E-state index contributed by atoms with van der Waals surface area (Å²) in [7, 11) is 0. The van der Waals surface area contributed by atoms with Gasteiger partial charge in [0.2, 0.25) is 0 Å². The monoisotopic (exact) mass is 271 g/mol. The topological polar surface area (TPSA) is 68.0 Å². The summed E-state index contributed by atoms with van der Waals surface area (Å²) in [6.45, 7) is 10.5. The van der Waals surface area contributed by atoms with E-state index < -0.39 is 5.97 Å². The molecular weight excluding hydrogens is 250 g/mol. The third kappa shape index (κ3) is 3.48. The maximum Gasteiger partial charge on any atom is 0.313 e. The van der Waals surface area contributed by atoms with E-state index >= 15 is 0 Å². The lowest BCUT2D eigenvalue weighted by atomic mass is 10.1. The number of thioether (sulfide) groups is 1. The molecule has 0 aliphatic heterocycles. The van der Waals surface area contributed by atoms with Gasteiger partial charge in [0.15, 0.2) is 5.16 Å². The van der Waals surface area contributed by atoms with Crippen molar-refractivity contribution in [3.63, 3.8) is 0 Å². The number of hydrogen-bond donors (Lipinski definition) is 1. The second kappa shape index (κ2) is 6.22. The summed E-state index contributed by atoms with van der Waals surface area (Å²) in [6, 6.07) is 0.258. The Labute approximate surface area is 112 Å². The van der Waals surface area contributed by atoms with E-state index in [0.29, 0.717) is 11.1 Å². The molecule has 0 bridgehead atoms. The first-order chi connectivity index (χ1) is 8.34. The average Bonchev–Trinajstić information content (AvgIpc) is 2.68. The van der Waals surface area contributed by atoms with Crippen LogP contribution < -0.4 is 0 Å². The summed E-state index contributed by atoms with van der Waals surface area (Å²) in [5, 5.41) is 17.8. The van der Waals surface area contributed by atoms with Crippen molar-refractivity contribution in [3.8, 4) is 0 Å². The van der Waals surface area contributed by atoms with Crippen LogP contribution in [0.1, 0.15) is 52.4 Å². The van der Waals surface area contributed by atoms with E-state index in [0.717, 1.165) is 5.82 Å². The molecule has 102 valence electrons. The molecule has 0 aromatic carbocycles. The number of carbonyl (C=O) groups is 1. The molecule has 0 radical (unpaired) electrons. The Balaban J connectivity index is 3.06. The Morgan fingerprint density at radius 2 is 1.89 bits per heavy atom. The molecule has 0 aliphatic carbocycles. The zero-order valence-corrected chi connectivity index (χ0v) is 12.4. The predicted molar refractivity (Wildman–Crippen MR) is 72.0 cm³/mol. The van der Waals surface area contributed by atoms with Gasteiger partial charge in [0.05, 0.1) is 5.75 Å². The number of carboxylic acid groups (broad SMARTS) is 1. The first-order valence-electron chi connectivity index (χ1n) is 6.14. The van der Waals surface area contributed by atoms with E-state index in [-0.39, 0.29) is 17.7 Å². The van der Waals surface area contributed by atoms with Gasteiger partial charge in [0.25, 0.3) is 0 Å². The molecule has 0 fully saturated rings. The van der Waals surface area contributed by atoms with E-state index in [2.05, 4.69) is 49.4 Å². The minimum atomic E-state index is -0.835. The van der Waals surface area contributed by atoms with Gasteiger partial charge in [-0.05, 0) is 12.8 Å². The van der Waals surface area contributed by atoms with Gasteiger partial charge in [0, 0.05) is 12.0 Å². The fraction of sp³-hybridized carbons (Fsp3) is 0.750. The molecule has 1 heterocycles. The van der Waals surface area contributed by atoms with Gasteiger partial charge in [0.1, 0.15) is 5.82 Å². The van der Waals surface area contributed by atoms with Crippen LogP contribution in [0, 0.1) is 5.92 Å². The maximum absolute atomic E-state index is 10.7. The Hall–Kier alpha value is -1.04. The molecule has 0 aliphatic rings. The van der Waals surface area contributed by atoms with Gasteiger partial charge < -0.3 is 9.67 Å². The third-order valence-corrected chi connectivity index (χ3v) is 3.83. The van der Waals surface area contributed by atoms with Crippen molar-refractivity contribution in [1.29, 1.82) is 0 Å². The number of rotatable bonds is 6. The van der Waals surface area contributed by atoms with Crippen LogP contribution in [0.25, 0.3) is 0 Å². The highest BCUT2D eigenvalue weighted by molar-refractivity contribution is 7.99. The van der Waals surface area contributed by atoms with E-state index in [1.54, 1.807) is 0 Å². The lowest BCUT2D eigenvalue weighted by Crippen LogP contribution is -2.17. The van der Waals surface area contributed by atoms with Crippen LogP contribution in [0.3, 0.4) is 0 Å². The number of nitrogens with zero attached hydrogens (tertiary/aromatic N) is 3. The van der Waals surface area contributed by atoms with Crippen molar-refractivity contribution in [3.05, 3.63) is 5.82 Å². The number of carboxylic acids is 1. The molecule has 0 amide bonds. The van der Waals surface area contributed by atoms with E-state index in [1.165, 1.54) is 11.8 Å². The zero-order chi connectivity index (χ0) is 13.9. The second-order valence-electron chi connectivity index (χ2n) is 5.03. The molecule has 1 N–H and O–H groups in total. The summed E-state index contributed by atoms with van der Waals surface area (Å²) >= 11 is 1.23. The van der Waals surface area contributed by atoms with Gasteiger partial charge in [-0.15, -0.1) is 10.2 Å². The largest absolute Gasteiger partial charge is 0.481 e. The van der Waals surface area contributed by atoms with Gasteiger partial charge in [-0.2, -0.15) is 0 Å². The normalized spacial score (nSPS) is 13.3. The highest BCUT2D eigenvalue weighted by Crippen LogP contribution is 2.28. The van der Waals surface area contributed by atoms with E-state index in [9.17, 15) is 4.79 Å². The molecule has 0 spiro atoms. The molecule has 1 rings (SSSR count). The van der Waals surface area contributed by atoms with Crippen LogP contribution in [0.5, 0.6) is 0 Å². The van der Waals surface area contributed by atoms with Crippen molar-refractivity contribution in [2.75, 3.05) is 5.75 Å². The van der Waals surface area contributed by atoms with Crippen molar-refractivity contribution < 1.29 is 9.90 Å². The van der Waals surface area contributed by atoms with Gasteiger partial charge in [-0.25, -0.2) is 0 Å². The number of aromatic nitrogens is 3. The fourth-order valence-electron chi connectivity index (χ4n) is 1.59. The predicted octanol–water partition coefficient (Wildman–Crippen LogP) is 2.80. The standard InChI is InChI=1S/C12H21N3O2S/c1-7(2)9(5)15-11(8(3)4)13-14-12(15)18-6-10(16)17/h7-9H,6H2,1-5H3,(H,16,17). The second-order valence-corrected chi connectivity index (χ2v) is 5.98. The third-order valence-electron chi connectivity index (χ3n) is 2.90. The van der Waals surface area contributed by atoms with Crippen LogP contribution in [-0.2, 0) is 4.79 Å². The van der Waals surface area contributed by atoms with Crippen LogP contribution >= 0.6 is 11.8 Å². The maximum atomic E-state index is 10.7. The van der Waals surface area contributed by atoms with Gasteiger partial charge in [-0.3, -0.25) is 4.79 Å². The quantitative estimate of drug-likeness (QED) is 0.806. The summed E-state index contributed by atoms with van der Waals surface area (Å²) in [5.74, 6) is 0.823. The molecular formula is C12H21N3O2S. The van der Waals surface area contributed by atoms with Crippen molar-refractivity contribution in [2.45, 2.75) is 51.7 Å². The molecule has 1 aromatic heterocycles. The minimum Gasteiger partial charge on any atom is -0.481 e. The SMILES string of the molecule is CC(C)c1nnc(SCC(=O)O)n1C(C)C(C)C. The Bertz CT molecular complexity index is 415. The minimum absolute atomic E-state index is 0.0149. The Morgan fingerprint density at radius 3 is 2.33 bits per heavy atom. The zero-order valence-electron chi connectivity index (χ0n) is 11.5. The summed E-state index contributed by atoms with van der Waals surface area (Å²) < 4.78 is 2.07. The van der Waals surface area contributed by atoms with Crippen molar-refractivity contribution >= 4 is 17.7 Å². The van der Waals surface area contributed by atoms with Crippen LogP contribution in [-0.4, -0.2) is 31.6 Å². The number of hydrogen-bond acceptors (Lipinski definition) is 4. The van der Waals surface area contributed by atoms with Crippen LogP contribution in [0.15, 0.2) is 5.16 Å². The van der Waals surface area contributed by atoms with Crippen LogP contribution in [0.4, 0.5) is 0 Å².